The number of guanidine groups is 1. The number of likely N-dealkylation sites (N-methyl/N-ethyl adjacent to an activating group) is 1. The summed E-state index contributed by atoms with van der Waals surface area (Å²) in [6.07, 6.45) is 4.66. The molecule has 0 unspecified atom stereocenters. The van der Waals surface area contributed by atoms with Crippen LogP contribution in [0.2, 0.25) is 0 Å². The number of benzene rings is 1. The van der Waals surface area contributed by atoms with Crippen molar-refractivity contribution in [1.29, 1.82) is 0 Å². The summed E-state index contributed by atoms with van der Waals surface area (Å²) in [5.41, 5.74) is 2.66. The Labute approximate surface area is 174 Å². The van der Waals surface area contributed by atoms with Crippen LogP contribution in [0.25, 0.3) is 0 Å². The number of nitrogens with one attached hydrogen (secondary N) is 1. The summed E-state index contributed by atoms with van der Waals surface area (Å²) in [5, 5.41) is 3.37. The van der Waals surface area contributed by atoms with E-state index in [1.54, 1.807) is 0 Å². The van der Waals surface area contributed by atoms with E-state index in [2.05, 4.69) is 42.4 Å². The summed E-state index contributed by atoms with van der Waals surface area (Å²) < 4.78 is 11.3. The average molecular weight is 473 g/mol. The van der Waals surface area contributed by atoms with Crippen molar-refractivity contribution in [2.45, 2.75) is 32.6 Å². The number of hydrogen-bond acceptors (Lipinski definition) is 3. The van der Waals surface area contributed by atoms with E-state index in [0.717, 1.165) is 69.9 Å². The Kier molecular flexibility index (Phi) is 8.98. The molecule has 1 aromatic rings. The van der Waals surface area contributed by atoms with Crippen molar-refractivity contribution in [1.82, 2.24) is 10.2 Å². The highest BCUT2D eigenvalue weighted by molar-refractivity contribution is 14.0. The quantitative estimate of drug-likeness (QED) is 0.259. The van der Waals surface area contributed by atoms with Crippen LogP contribution in [0.3, 0.4) is 0 Å². The molecule has 0 saturated heterocycles. The van der Waals surface area contributed by atoms with Gasteiger partial charge in [-0.1, -0.05) is 12.1 Å². The van der Waals surface area contributed by atoms with Crippen molar-refractivity contribution in [3.05, 3.63) is 29.3 Å². The Bertz CT molecular complexity index is 590. The molecule has 146 valence electrons. The molecule has 1 N–H and O–H groups in total. The Morgan fingerprint density at radius 2 is 2.23 bits per heavy atom. The number of ether oxygens (including phenoxy) is 2. The summed E-state index contributed by atoms with van der Waals surface area (Å²) in [6, 6.07) is 6.51. The summed E-state index contributed by atoms with van der Waals surface area (Å²) >= 11 is 0. The zero-order valence-corrected chi connectivity index (χ0v) is 18.3. The lowest BCUT2D eigenvalue weighted by molar-refractivity contribution is 0.115. The lowest BCUT2D eigenvalue weighted by Crippen LogP contribution is -2.40. The molecule has 1 fully saturated rings. The number of nitrogens with zero attached hydrogens (tertiary/aromatic N) is 2. The molecule has 1 saturated carbocycles. The maximum atomic E-state index is 5.74. The molecule has 0 spiro atoms. The van der Waals surface area contributed by atoms with E-state index in [0.29, 0.717) is 0 Å². The molecular formula is C20H32IN3O2. The lowest BCUT2D eigenvalue weighted by atomic mass is 10.1. The maximum Gasteiger partial charge on any atom is 0.193 e. The second-order valence-corrected chi connectivity index (χ2v) is 6.97. The molecule has 5 nitrogen and oxygen atoms in total. The van der Waals surface area contributed by atoms with Gasteiger partial charge in [0.25, 0.3) is 0 Å². The van der Waals surface area contributed by atoms with E-state index < -0.39 is 0 Å². The molecule has 26 heavy (non-hydrogen) atoms. The van der Waals surface area contributed by atoms with Crippen LogP contribution >= 0.6 is 24.0 Å². The van der Waals surface area contributed by atoms with Gasteiger partial charge >= 0.3 is 0 Å². The fourth-order valence-electron chi connectivity index (χ4n) is 3.00. The van der Waals surface area contributed by atoms with Crippen LogP contribution < -0.4 is 10.1 Å². The molecular weight excluding hydrogens is 441 g/mol. The minimum Gasteiger partial charge on any atom is -0.493 e. The van der Waals surface area contributed by atoms with Gasteiger partial charge in [-0.2, -0.15) is 0 Å². The van der Waals surface area contributed by atoms with Crippen LogP contribution in [0.15, 0.2) is 23.2 Å². The van der Waals surface area contributed by atoms with Crippen LogP contribution in [-0.4, -0.2) is 57.4 Å². The topological polar surface area (TPSA) is 46.1 Å². The van der Waals surface area contributed by atoms with Crippen LogP contribution in [-0.2, 0) is 17.6 Å². The predicted molar refractivity (Wildman–Crippen MR) is 117 cm³/mol. The molecule has 0 amide bonds. The van der Waals surface area contributed by atoms with Gasteiger partial charge in [-0.05, 0) is 49.3 Å². The fraction of sp³-hybridized carbons (Fsp3) is 0.650. The summed E-state index contributed by atoms with van der Waals surface area (Å²) in [7, 11) is 2.08. The normalized spacial score (nSPS) is 15.8. The Balaban J connectivity index is 0.00000243. The van der Waals surface area contributed by atoms with Crippen LogP contribution in [0.4, 0.5) is 0 Å². The van der Waals surface area contributed by atoms with Crippen LogP contribution in [0.1, 0.15) is 30.9 Å². The zero-order valence-electron chi connectivity index (χ0n) is 16.0. The number of aliphatic imine (C=N–C) groups is 1. The fourth-order valence-corrected chi connectivity index (χ4v) is 3.00. The monoisotopic (exact) mass is 473 g/mol. The van der Waals surface area contributed by atoms with Crippen molar-refractivity contribution in [3.8, 4) is 5.75 Å². The van der Waals surface area contributed by atoms with Gasteiger partial charge < -0.3 is 19.7 Å². The van der Waals surface area contributed by atoms with Gasteiger partial charge in [-0.25, -0.2) is 0 Å². The molecule has 0 radical (unpaired) electrons. The lowest BCUT2D eigenvalue weighted by Gasteiger charge is -2.22. The first-order chi connectivity index (χ1) is 12.3. The summed E-state index contributed by atoms with van der Waals surface area (Å²) in [6.45, 7) is 7.14. The third kappa shape index (κ3) is 6.61. The van der Waals surface area contributed by atoms with Gasteiger partial charge in [0.15, 0.2) is 5.96 Å². The molecule has 1 aliphatic heterocycles. The van der Waals surface area contributed by atoms with Gasteiger partial charge in [-0.15, -0.1) is 24.0 Å². The third-order valence-corrected chi connectivity index (χ3v) is 4.73. The second-order valence-electron chi connectivity index (χ2n) is 6.97. The molecule has 0 bridgehead atoms. The first kappa shape index (κ1) is 21.3. The Morgan fingerprint density at radius 1 is 1.38 bits per heavy atom. The number of rotatable bonds is 9. The van der Waals surface area contributed by atoms with Crippen molar-refractivity contribution >= 4 is 29.9 Å². The zero-order chi connectivity index (χ0) is 17.5. The van der Waals surface area contributed by atoms with E-state index >= 15 is 0 Å². The minimum atomic E-state index is 0. The maximum absolute atomic E-state index is 5.74. The molecule has 6 heteroatoms. The van der Waals surface area contributed by atoms with Gasteiger partial charge in [-0.3, -0.25) is 4.99 Å². The van der Waals surface area contributed by atoms with E-state index in [9.17, 15) is 0 Å². The van der Waals surface area contributed by atoms with Gasteiger partial charge in [0, 0.05) is 39.7 Å². The highest BCUT2D eigenvalue weighted by Crippen LogP contribution is 2.28. The second kappa shape index (κ2) is 11.0. The van der Waals surface area contributed by atoms with Crippen LogP contribution in [0.5, 0.6) is 5.75 Å². The molecule has 0 atom stereocenters. The third-order valence-electron chi connectivity index (χ3n) is 4.73. The predicted octanol–water partition coefficient (Wildman–Crippen LogP) is 3.11. The smallest absolute Gasteiger partial charge is 0.193 e. The molecule has 0 aromatic heterocycles. The molecule has 1 heterocycles. The van der Waals surface area contributed by atoms with Gasteiger partial charge in [0.05, 0.1) is 13.2 Å². The number of fused-ring (bicyclic) bond motifs is 1. The van der Waals surface area contributed by atoms with Crippen molar-refractivity contribution in [2.75, 3.05) is 46.5 Å². The number of halogens is 1. The first-order valence-corrected chi connectivity index (χ1v) is 9.58. The molecule has 1 aliphatic carbocycles. The van der Waals surface area contributed by atoms with E-state index in [-0.39, 0.29) is 24.0 Å². The molecule has 3 rings (SSSR count). The standard InChI is InChI=1S/C20H31N3O2.HI/c1-3-21-20(23(2)11-13-24-15-17-4-5-17)22-10-8-16-6-7-19-18(14-16)9-12-25-19;/h6-7,14,17H,3-5,8-13,15H2,1-2H3,(H,21,22);1H. The molecule has 2 aliphatic rings. The summed E-state index contributed by atoms with van der Waals surface area (Å²) in [5.74, 6) is 2.83. The van der Waals surface area contributed by atoms with Crippen LogP contribution in [0, 0.1) is 5.92 Å². The van der Waals surface area contributed by atoms with Crippen molar-refractivity contribution in [3.63, 3.8) is 0 Å². The average Bonchev–Trinajstić information content (AvgIpc) is 3.33. The highest BCUT2D eigenvalue weighted by Gasteiger charge is 2.21. The highest BCUT2D eigenvalue weighted by atomic mass is 127. The summed E-state index contributed by atoms with van der Waals surface area (Å²) in [4.78, 5) is 6.93. The van der Waals surface area contributed by atoms with Crippen molar-refractivity contribution < 1.29 is 9.47 Å². The van der Waals surface area contributed by atoms with E-state index in [1.165, 1.54) is 24.0 Å². The largest absolute Gasteiger partial charge is 0.493 e. The van der Waals surface area contributed by atoms with E-state index in [1.807, 2.05) is 0 Å². The van der Waals surface area contributed by atoms with Gasteiger partial charge in [0.2, 0.25) is 0 Å². The molecule has 1 aromatic carbocycles. The van der Waals surface area contributed by atoms with Crippen molar-refractivity contribution in [2.24, 2.45) is 10.9 Å². The van der Waals surface area contributed by atoms with E-state index in [4.69, 9.17) is 14.5 Å². The Morgan fingerprint density at radius 3 is 3.00 bits per heavy atom. The number of hydrogen-bond donors (Lipinski definition) is 1. The van der Waals surface area contributed by atoms with Gasteiger partial charge in [0.1, 0.15) is 5.75 Å². The first-order valence-electron chi connectivity index (χ1n) is 9.58. The SMILES string of the molecule is CCNC(=NCCc1ccc2c(c1)CCO2)N(C)CCOCC1CC1.I. The Hall–Kier alpha value is -1.02. The minimum absolute atomic E-state index is 0.